The summed E-state index contributed by atoms with van der Waals surface area (Å²) < 4.78 is 11.0. The van der Waals surface area contributed by atoms with Crippen molar-refractivity contribution in [2.24, 2.45) is 0 Å². The quantitative estimate of drug-likeness (QED) is 0.624. The number of oxazole rings is 1. The first-order valence-electron chi connectivity index (χ1n) is 8.64. The van der Waals surface area contributed by atoms with Gasteiger partial charge in [0.1, 0.15) is 17.2 Å². The summed E-state index contributed by atoms with van der Waals surface area (Å²) in [5.74, 6) is 2.23. The van der Waals surface area contributed by atoms with Crippen molar-refractivity contribution < 1.29 is 13.9 Å². The minimum absolute atomic E-state index is 0.0251. The van der Waals surface area contributed by atoms with E-state index in [1.165, 1.54) is 0 Å². The van der Waals surface area contributed by atoms with Gasteiger partial charge in [0.15, 0.2) is 5.89 Å². The van der Waals surface area contributed by atoms with Crippen LogP contribution in [-0.2, 0) is 4.79 Å². The van der Waals surface area contributed by atoms with E-state index < -0.39 is 0 Å². The fraction of sp³-hybridized carbons (Fsp3) is 0.238. The van der Waals surface area contributed by atoms with E-state index in [0.717, 1.165) is 28.5 Å². The van der Waals surface area contributed by atoms with Crippen LogP contribution in [0.15, 0.2) is 59.0 Å². The number of amides is 1. The summed E-state index contributed by atoms with van der Waals surface area (Å²) in [6.45, 7) is 4.23. The summed E-state index contributed by atoms with van der Waals surface area (Å²) >= 11 is 0. The van der Waals surface area contributed by atoms with Gasteiger partial charge in [-0.2, -0.15) is 0 Å². The van der Waals surface area contributed by atoms with E-state index in [9.17, 15) is 4.79 Å². The smallest absolute Gasteiger partial charge is 0.224 e. The van der Waals surface area contributed by atoms with Crippen LogP contribution in [-0.4, -0.2) is 17.5 Å². The van der Waals surface area contributed by atoms with E-state index in [4.69, 9.17) is 9.15 Å². The molecule has 26 heavy (non-hydrogen) atoms. The molecule has 1 heterocycles. The van der Waals surface area contributed by atoms with Gasteiger partial charge in [-0.25, -0.2) is 4.98 Å². The highest BCUT2D eigenvalue weighted by atomic mass is 16.5. The van der Waals surface area contributed by atoms with Crippen molar-refractivity contribution in [3.05, 3.63) is 66.2 Å². The summed E-state index contributed by atoms with van der Waals surface area (Å²) in [7, 11) is 0. The maximum Gasteiger partial charge on any atom is 0.224 e. The molecule has 0 aliphatic carbocycles. The molecule has 5 heteroatoms. The van der Waals surface area contributed by atoms with Crippen molar-refractivity contribution in [2.75, 3.05) is 11.9 Å². The second-order valence-electron chi connectivity index (χ2n) is 6.03. The molecule has 0 saturated carbocycles. The second-order valence-corrected chi connectivity index (χ2v) is 6.03. The van der Waals surface area contributed by atoms with E-state index in [2.05, 4.69) is 10.3 Å². The van der Waals surface area contributed by atoms with Gasteiger partial charge in [0.05, 0.1) is 6.61 Å². The standard InChI is InChI=1S/C21H22N2O3/c1-15-21(22-16(2)26-15)17-10-12-18(13-11-17)23-20(24)9-6-14-25-19-7-4-3-5-8-19/h3-5,7-8,10-13H,6,9,14H2,1-2H3,(H,23,24). The molecule has 0 atom stereocenters. The van der Waals surface area contributed by atoms with Crippen molar-refractivity contribution in [3.8, 4) is 17.0 Å². The number of nitrogens with zero attached hydrogens (tertiary/aromatic N) is 1. The first kappa shape index (κ1) is 17.7. The zero-order valence-corrected chi connectivity index (χ0v) is 15.0. The molecule has 1 aromatic heterocycles. The second kappa shape index (κ2) is 8.34. The van der Waals surface area contributed by atoms with Crippen LogP contribution in [0.1, 0.15) is 24.5 Å². The average molecular weight is 350 g/mol. The van der Waals surface area contributed by atoms with Crippen molar-refractivity contribution >= 4 is 11.6 Å². The molecule has 0 aliphatic heterocycles. The Bertz CT molecular complexity index is 855. The number of anilines is 1. The predicted molar refractivity (Wildman–Crippen MR) is 101 cm³/mol. The number of aryl methyl sites for hydroxylation is 2. The Morgan fingerprint density at radius 2 is 1.81 bits per heavy atom. The number of benzene rings is 2. The lowest BCUT2D eigenvalue weighted by atomic mass is 10.1. The zero-order chi connectivity index (χ0) is 18.4. The number of carbonyl (C=O) groups is 1. The highest BCUT2D eigenvalue weighted by Crippen LogP contribution is 2.24. The maximum absolute atomic E-state index is 12.0. The molecule has 0 fully saturated rings. The number of hydrogen-bond acceptors (Lipinski definition) is 4. The van der Waals surface area contributed by atoms with E-state index in [0.29, 0.717) is 25.3 Å². The summed E-state index contributed by atoms with van der Waals surface area (Å²) in [6.07, 6.45) is 1.08. The van der Waals surface area contributed by atoms with Gasteiger partial charge >= 0.3 is 0 Å². The third kappa shape index (κ3) is 4.72. The number of rotatable bonds is 7. The fourth-order valence-electron chi connectivity index (χ4n) is 2.67. The van der Waals surface area contributed by atoms with Crippen LogP contribution in [0, 0.1) is 13.8 Å². The minimum atomic E-state index is -0.0251. The van der Waals surface area contributed by atoms with Gasteiger partial charge in [-0.1, -0.05) is 30.3 Å². The van der Waals surface area contributed by atoms with Gasteiger partial charge in [0, 0.05) is 24.6 Å². The van der Waals surface area contributed by atoms with Crippen molar-refractivity contribution in [1.82, 2.24) is 4.98 Å². The van der Waals surface area contributed by atoms with Crippen molar-refractivity contribution in [1.29, 1.82) is 0 Å². The highest BCUT2D eigenvalue weighted by Gasteiger charge is 2.09. The Labute approximate surface area is 153 Å². The molecule has 0 saturated heterocycles. The van der Waals surface area contributed by atoms with Gasteiger partial charge in [0.25, 0.3) is 0 Å². The summed E-state index contributed by atoms with van der Waals surface area (Å²) in [5, 5.41) is 2.90. The number of aromatic nitrogens is 1. The first-order valence-corrected chi connectivity index (χ1v) is 8.64. The van der Waals surface area contributed by atoms with Crippen molar-refractivity contribution in [2.45, 2.75) is 26.7 Å². The van der Waals surface area contributed by atoms with Gasteiger partial charge in [-0.3, -0.25) is 4.79 Å². The number of ether oxygens (including phenoxy) is 1. The molecule has 1 amide bonds. The van der Waals surface area contributed by atoms with Crippen LogP contribution in [0.25, 0.3) is 11.3 Å². The first-order chi connectivity index (χ1) is 12.6. The average Bonchev–Trinajstić information content (AvgIpc) is 2.98. The molecule has 5 nitrogen and oxygen atoms in total. The lowest BCUT2D eigenvalue weighted by molar-refractivity contribution is -0.116. The molecule has 3 rings (SSSR count). The SMILES string of the molecule is Cc1nc(-c2ccc(NC(=O)CCCOc3ccccc3)cc2)c(C)o1. The van der Waals surface area contributed by atoms with E-state index in [1.54, 1.807) is 0 Å². The molecule has 1 N–H and O–H groups in total. The lowest BCUT2D eigenvalue weighted by Crippen LogP contribution is -2.12. The Balaban J connectivity index is 1.46. The normalized spacial score (nSPS) is 10.5. The van der Waals surface area contributed by atoms with Crippen LogP contribution in [0.5, 0.6) is 5.75 Å². The summed E-state index contributed by atoms with van der Waals surface area (Å²) in [5.41, 5.74) is 2.56. The van der Waals surface area contributed by atoms with E-state index in [1.807, 2.05) is 68.4 Å². The number of hydrogen-bond donors (Lipinski definition) is 1. The number of carbonyl (C=O) groups excluding carboxylic acids is 1. The molecule has 3 aromatic rings. The molecule has 2 aromatic carbocycles. The maximum atomic E-state index is 12.0. The Hall–Kier alpha value is -3.08. The molecule has 0 spiro atoms. The van der Waals surface area contributed by atoms with Gasteiger partial charge < -0.3 is 14.5 Å². The molecule has 0 aliphatic rings. The molecule has 0 bridgehead atoms. The van der Waals surface area contributed by atoms with Gasteiger partial charge in [-0.05, 0) is 37.6 Å². The number of para-hydroxylation sites is 1. The fourth-order valence-corrected chi connectivity index (χ4v) is 2.67. The zero-order valence-electron chi connectivity index (χ0n) is 15.0. The van der Waals surface area contributed by atoms with Crippen LogP contribution in [0.4, 0.5) is 5.69 Å². The summed E-state index contributed by atoms with van der Waals surface area (Å²) in [6, 6.07) is 17.2. The number of nitrogens with one attached hydrogen (secondary N) is 1. The third-order valence-corrected chi connectivity index (χ3v) is 3.91. The minimum Gasteiger partial charge on any atom is -0.494 e. The van der Waals surface area contributed by atoms with Crippen LogP contribution in [0.2, 0.25) is 0 Å². The van der Waals surface area contributed by atoms with Crippen molar-refractivity contribution in [3.63, 3.8) is 0 Å². The largest absolute Gasteiger partial charge is 0.494 e. The Morgan fingerprint density at radius 3 is 2.46 bits per heavy atom. The molecule has 0 radical (unpaired) electrons. The summed E-state index contributed by atoms with van der Waals surface area (Å²) in [4.78, 5) is 16.4. The van der Waals surface area contributed by atoms with Crippen LogP contribution < -0.4 is 10.1 Å². The van der Waals surface area contributed by atoms with Crippen LogP contribution >= 0.6 is 0 Å². The Morgan fingerprint density at radius 1 is 1.08 bits per heavy atom. The van der Waals surface area contributed by atoms with Gasteiger partial charge in [-0.15, -0.1) is 0 Å². The monoisotopic (exact) mass is 350 g/mol. The lowest BCUT2D eigenvalue weighted by Gasteiger charge is -2.07. The Kier molecular flexibility index (Phi) is 5.69. The third-order valence-electron chi connectivity index (χ3n) is 3.91. The molecule has 134 valence electrons. The highest BCUT2D eigenvalue weighted by molar-refractivity contribution is 5.90. The topological polar surface area (TPSA) is 64.4 Å². The van der Waals surface area contributed by atoms with E-state index >= 15 is 0 Å². The molecular weight excluding hydrogens is 328 g/mol. The van der Waals surface area contributed by atoms with Crippen LogP contribution in [0.3, 0.4) is 0 Å². The molecule has 0 unspecified atom stereocenters. The van der Waals surface area contributed by atoms with E-state index in [-0.39, 0.29) is 5.91 Å². The predicted octanol–water partition coefficient (Wildman–Crippen LogP) is 4.76. The van der Waals surface area contributed by atoms with Gasteiger partial charge in [0.2, 0.25) is 5.91 Å². The molecular formula is C21H22N2O3.